The van der Waals surface area contributed by atoms with Gasteiger partial charge in [-0.2, -0.15) is 0 Å². The first-order valence-corrected chi connectivity index (χ1v) is 8.80. The number of carboxylic acid groups (broad SMARTS) is 1. The highest BCUT2D eigenvalue weighted by Crippen LogP contribution is 2.33. The van der Waals surface area contributed by atoms with Crippen molar-refractivity contribution in [2.75, 3.05) is 0 Å². The van der Waals surface area contributed by atoms with Crippen molar-refractivity contribution in [1.29, 1.82) is 0 Å². The van der Waals surface area contributed by atoms with E-state index in [1.54, 1.807) is 0 Å². The molecule has 7 heteroatoms. The van der Waals surface area contributed by atoms with Gasteiger partial charge in [0.1, 0.15) is 5.54 Å². The van der Waals surface area contributed by atoms with Crippen LogP contribution >= 0.6 is 0 Å². The number of esters is 2. The number of carbonyl (C=O) groups excluding carboxylic acids is 2. The lowest BCUT2D eigenvalue weighted by Gasteiger charge is -2.21. The first kappa shape index (κ1) is 21.6. The summed E-state index contributed by atoms with van der Waals surface area (Å²) >= 11 is 0. The third kappa shape index (κ3) is 6.15. The third-order valence-electron chi connectivity index (χ3n) is 3.90. The Hall–Kier alpha value is -2.41. The van der Waals surface area contributed by atoms with Crippen LogP contribution in [0.3, 0.4) is 0 Å². The van der Waals surface area contributed by atoms with Crippen molar-refractivity contribution < 1.29 is 29.0 Å². The standard InChI is InChI=1S/C19H27NO6/c1-4-6-8-16(21)25-14-11-10-13(19(3,20)18(23)24)12-15(14)26-17(22)9-7-5-2/h10-12H,4-9,20H2,1-3H3,(H,23,24)/t19-/m0/s1. The van der Waals surface area contributed by atoms with Crippen molar-refractivity contribution in [1.82, 2.24) is 0 Å². The van der Waals surface area contributed by atoms with Gasteiger partial charge in [-0.1, -0.05) is 32.8 Å². The van der Waals surface area contributed by atoms with Gasteiger partial charge in [-0.25, -0.2) is 4.79 Å². The lowest BCUT2D eigenvalue weighted by atomic mass is 9.93. The molecule has 0 spiro atoms. The molecule has 0 radical (unpaired) electrons. The minimum absolute atomic E-state index is 0.00798. The van der Waals surface area contributed by atoms with Crippen LogP contribution in [0.2, 0.25) is 0 Å². The lowest BCUT2D eigenvalue weighted by Crippen LogP contribution is -2.41. The highest BCUT2D eigenvalue weighted by molar-refractivity contribution is 5.81. The van der Waals surface area contributed by atoms with E-state index < -0.39 is 23.4 Å². The Morgan fingerprint density at radius 2 is 1.50 bits per heavy atom. The van der Waals surface area contributed by atoms with Crippen LogP contribution in [0.5, 0.6) is 11.5 Å². The number of ether oxygens (including phenoxy) is 2. The van der Waals surface area contributed by atoms with Gasteiger partial charge in [0.2, 0.25) is 0 Å². The number of benzene rings is 1. The monoisotopic (exact) mass is 365 g/mol. The van der Waals surface area contributed by atoms with E-state index in [9.17, 15) is 19.5 Å². The molecule has 0 heterocycles. The van der Waals surface area contributed by atoms with E-state index in [2.05, 4.69) is 0 Å². The highest BCUT2D eigenvalue weighted by atomic mass is 16.6. The van der Waals surface area contributed by atoms with Crippen molar-refractivity contribution in [3.63, 3.8) is 0 Å². The summed E-state index contributed by atoms with van der Waals surface area (Å²) in [5, 5.41) is 9.28. The van der Waals surface area contributed by atoms with Crippen molar-refractivity contribution in [3.05, 3.63) is 23.8 Å². The zero-order valence-electron chi connectivity index (χ0n) is 15.5. The summed E-state index contributed by atoms with van der Waals surface area (Å²) in [6.07, 6.45) is 3.47. The predicted octanol–water partition coefficient (Wildman–Crippen LogP) is 3.14. The molecule has 144 valence electrons. The SMILES string of the molecule is CCCCC(=O)Oc1ccc([C@](C)(N)C(=O)O)cc1OC(=O)CCCC. The molecule has 0 amide bonds. The summed E-state index contributed by atoms with van der Waals surface area (Å²) in [4.78, 5) is 35.2. The highest BCUT2D eigenvalue weighted by Gasteiger charge is 2.31. The van der Waals surface area contributed by atoms with Gasteiger partial charge < -0.3 is 20.3 Å². The molecule has 1 aromatic rings. The molecule has 0 fully saturated rings. The quantitative estimate of drug-likeness (QED) is 0.483. The van der Waals surface area contributed by atoms with E-state index >= 15 is 0 Å². The van der Waals surface area contributed by atoms with E-state index in [1.165, 1.54) is 25.1 Å². The van der Waals surface area contributed by atoms with Gasteiger partial charge >= 0.3 is 17.9 Å². The fraction of sp³-hybridized carbons (Fsp3) is 0.526. The second-order valence-corrected chi connectivity index (χ2v) is 6.32. The number of hydrogen-bond acceptors (Lipinski definition) is 6. The minimum atomic E-state index is -1.67. The van der Waals surface area contributed by atoms with E-state index in [0.29, 0.717) is 12.8 Å². The van der Waals surface area contributed by atoms with Crippen LogP contribution in [-0.2, 0) is 19.9 Å². The Kier molecular flexibility index (Phi) is 8.25. The molecule has 0 aliphatic heterocycles. The van der Waals surface area contributed by atoms with E-state index in [-0.39, 0.29) is 29.9 Å². The molecule has 1 aromatic carbocycles. The van der Waals surface area contributed by atoms with Crippen LogP contribution in [0.1, 0.15) is 64.9 Å². The van der Waals surface area contributed by atoms with Crippen molar-refractivity contribution in [2.45, 2.75) is 64.8 Å². The first-order chi connectivity index (χ1) is 12.2. The molecule has 0 unspecified atom stereocenters. The lowest BCUT2D eigenvalue weighted by molar-refractivity contribution is -0.143. The number of hydrogen-bond donors (Lipinski definition) is 2. The fourth-order valence-electron chi connectivity index (χ4n) is 2.11. The third-order valence-corrected chi connectivity index (χ3v) is 3.90. The van der Waals surface area contributed by atoms with Crippen LogP contribution in [-0.4, -0.2) is 23.0 Å². The number of carboxylic acids is 1. The summed E-state index contributed by atoms with van der Waals surface area (Å²) in [5.74, 6) is -2.09. The average molecular weight is 365 g/mol. The van der Waals surface area contributed by atoms with Crippen LogP contribution in [0.4, 0.5) is 0 Å². The molecule has 0 bridgehead atoms. The van der Waals surface area contributed by atoms with Gasteiger partial charge in [0.15, 0.2) is 11.5 Å². The number of nitrogens with two attached hydrogens (primary N) is 1. The average Bonchev–Trinajstić information content (AvgIpc) is 2.59. The van der Waals surface area contributed by atoms with Gasteiger partial charge in [-0.3, -0.25) is 9.59 Å². The van der Waals surface area contributed by atoms with Crippen LogP contribution in [0.15, 0.2) is 18.2 Å². The number of aliphatic carboxylic acids is 1. The molecular formula is C19H27NO6. The summed E-state index contributed by atoms with van der Waals surface area (Å²) in [5.41, 5.74) is 4.39. The molecule has 26 heavy (non-hydrogen) atoms. The second-order valence-electron chi connectivity index (χ2n) is 6.32. The van der Waals surface area contributed by atoms with Crippen molar-refractivity contribution in [3.8, 4) is 11.5 Å². The Morgan fingerprint density at radius 3 is 1.96 bits per heavy atom. The maximum Gasteiger partial charge on any atom is 0.328 e. The second kappa shape index (κ2) is 9.91. The molecule has 7 nitrogen and oxygen atoms in total. The van der Waals surface area contributed by atoms with Gasteiger partial charge in [0.25, 0.3) is 0 Å². The molecule has 1 rings (SSSR count). The molecular weight excluding hydrogens is 338 g/mol. The van der Waals surface area contributed by atoms with Crippen LogP contribution in [0.25, 0.3) is 0 Å². The molecule has 0 saturated heterocycles. The van der Waals surface area contributed by atoms with Gasteiger partial charge in [-0.15, -0.1) is 0 Å². The predicted molar refractivity (Wildman–Crippen MR) is 95.9 cm³/mol. The van der Waals surface area contributed by atoms with E-state index in [1.807, 2.05) is 13.8 Å². The Morgan fingerprint density at radius 1 is 1.00 bits per heavy atom. The topological polar surface area (TPSA) is 116 Å². The smallest absolute Gasteiger partial charge is 0.328 e. The molecule has 3 N–H and O–H groups in total. The summed E-state index contributed by atoms with van der Waals surface area (Å²) in [6.45, 7) is 5.23. The summed E-state index contributed by atoms with van der Waals surface area (Å²) in [7, 11) is 0. The summed E-state index contributed by atoms with van der Waals surface area (Å²) in [6, 6.07) is 4.18. The molecule has 0 aliphatic rings. The Balaban J connectivity index is 3.12. The number of rotatable bonds is 10. The molecule has 0 aliphatic carbocycles. The maximum absolute atomic E-state index is 12.0. The normalized spacial score (nSPS) is 12.9. The van der Waals surface area contributed by atoms with Crippen LogP contribution < -0.4 is 15.2 Å². The molecule has 0 saturated carbocycles. The van der Waals surface area contributed by atoms with Crippen LogP contribution in [0, 0.1) is 0 Å². The Labute approximate surface area is 153 Å². The molecule has 1 atom stereocenters. The number of unbranched alkanes of at least 4 members (excludes halogenated alkanes) is 2. The summed E-state index contributed by atoms with van der Waals surface area (Å²) < 4.78 is 10.6. The zero-order chi connectivity index (χ0) is 19.7. The first-order valence-electron chi connectivity index (χ1n) is 8.80. The number of carbonyl (C=O) groups is 3. The van der Waals surface area contributed by atoms with Gasteiger partial charge in [0, 0.05) is 12.8 Å². The zero-order valence-corrected chi connectivity index (χ0v) is 15.5. The maximum atomic E-state index is 12.0. The minimum Gasteiger partial charge on any atom is -0.480 e. The molecule has 0 aromatic heterocycles. The van der Waals surface area contributed by atoms with Crippen molar-refractivity contribution in [2.24, 2.45) is 5.73 Å². The van der Waals surface area contributed by atoms with Gasteiger partial charge in [-0.05, 0) is 37.5 Å². The van der Waals surface area contributed by atoms with Crippen molar-refractivity contribution >= 4 is 17.9 Å². The Bertz CT molecular complexity index is 653. The van der Waals surface area contributed by atoms with E-state index in [4.69, 9.17) is 15.2 Å². The fourth-order valence-corrected chi connectivity index (χ4v) is 2.11. The largest absolute Gasteiger partial charge is 0.480 e. The van der Waals surface area contributed by atoms with Gasteiger partial charge in [0.05, 0.1) is 0 Å². The van der Waals surface area contributed by atoms with E-state index in [0.717, 1.165) is 12.8 Å².